The van der Waals surface area contributed by atoms with Crippen molar-refractivity contribution in [3.05, 3.63) is 102 Å². The van der Waals surface area contributed by atoms with Gasteiger partial charge in [-0.2, -0.15) is 14.5 Å². The van der Waals surface area contributed by atoms with Gasteiger partial charge in [-0.1, -0.05) is 6.07 Å². The zero-order valence-corrected chi connectivity index (χ0v) is 18.7. The molecule has 0 fully saturated rings. The van der Waals surface area contributed by atoms with Crippen LogP contribution in [0.2, 0.25) is 0 Å². The zero-order valence-electron chi connectivity index (χ0n) is 17.9. The normalized spacial score (nSPS) is 13.7. The van der Waals surface area contributed by atoms with E-state index in [9.17, 15) is 0 Å². The molecule has 0 saturated carbocycles. The van der Waals surface area contributed by atoms with Gasteiger partial charge in [0.1, 0.15) is 28.3 Å². The number of hydrogen-bond donors (Lipinski definition) is 0. The number of pyridine rings is 1. The van der Waals surface area contributed by atoms with Crippen molar-refractivity contribution in [3.63, 3.8) is 0 Å². The molecule has 0 spiro atoms. The van der Waals surface area contributed by atoms with E-state index in [1.807, 2.05) is 18.2 Å². The average molecular weight is 479 g/mol. The summed E-state index contributed by atoms with van der Waals surface area (Å²) in [6, 6.07) is 10.9. The van der Waals surface area contributed by atoms with E-state index in [2.05, 4.69) is 44.5 Å². The molecule has 0 radical (unpaired) electrons. The van der Waals surface area contributed by atoms with Gasteiger partial charge in [0, 0.05) is 37.2 Å². The minimum Gasteiger partial charge on any atom is -0.261 e. The van der Waals surface area contributed by atoms with Crippen molar-refractivity contribution in [1.29, 1.82) is 0 Å². The van der Waals surface area contributed by atoms with Gasteiger partial charge in [0.2, 0.25) is 0 Å². The van der Waals surface area contributed by atoms with E-state index >= 15 is 0 Å². The van der Waals surface area contributed by atoms with Crippen LogP contribution in [-0.2, 0) is 0 Å². The Hall–Kier alpha value is -5.04. The monoisotopic (exact) mass is 478 g/mol. The topological polar surface area (TPSA) is 135 Å². The molecule has 0 aromatic carbocycles. The molecule has 0 unspecified atom stereocenters. The van der Waals surface area contributed by atoms with Gasteiger partial charge in [-0.05, 0) is 41.9 Å². The summed E-state index contributed by atoms with van der Waals surface area (Å²) in [5.41, 5.74) is 3.65. The van der Waals surface area contributed by atoms with Gasteiger partial charge in [-0.25, -0.2) is 29.9 Å². The molecule has 6 rings (SSSR count). The van der Waals surface area contributed by atoms with Gasteiger partial charge in [-0.15, -0.1) is 5.10 Å². The fraction of sp³-hybridized carbons (Fsp3) is 0. The minimum atomic E-state index is 0.372. The van der Waals surface area contributed by atoms with E-state index in [0.29, 0.717) is 46.2 Å². The maximum absolute atomic E-state index is 4.99. The lowest BCUT2D eigenvalue weighted by molar-refractivity contribution is 0.909. The van der Waals surface area contributed by atoms with Crippen molar-refractivity contribution in [3.8, 4) is 0 Å². The summed E-state index contributed by atoms with van der Waals surface area (Å²) in [6.07, 6.45) is 11.4. The third kappa shape index (κ3) is 3.85. The van der Waals surface area contributed by atoms with Gasteiger partial charge < -0.3 is 0 Å². The first-order valence-corrected chi connectivity index (χ1v) is 11.2. The number of amidine groups is 1. The van der Waals surface area contributed by atoms with E-state index in [1.54, 1.807) is 77.1 Å². The van der Waals surface area contributed by atoms with Crippen molar-refractivity contribution < 1.29 is 0 Å². The second kappa shape index (κ2) is 9.07. The van der Waals surface area contributed by atoms with E-state index in [1.165, 1.54) is 11.5 Å². The molecule has 0 atom stereocenters. The maximum Gasteiger partial charge on any atom is 0.263 e. The van der Waals surface area contributed by atoms with Crippen LogP contribution in [0.25, 0.3) is 11.4 Å². The number of nitrogens with zero attached hydrogens (tertiary/aromatic N) is 12. The molecule has 0 saturated heterocycles. The van der Waals surface area contributed by atoms with Crippen molar-refractivity contribution in [2.24, 2.45) is 4.99 Å². The molecule has 12 nitrogen and oxygen atoms in total. The van der Waals surface area contributed by atoms with Gasteiger partial charge >= 0.3 is 0 Å². The molecule has 0 amide bonds. The summed E-state index contributed by atoms with van der Waals surface area (Å²) in [6.45, 7) is 0. The van der Waals surface area contributed by atoms with Crippen LogP contribution in [0.1, 0.15) is 17.2 Å². The summed E-state index contributed by atoms with van der Waals surface area (Å²) < 4.78 is 4.48. The first-order valence-electron chi connectivity index (χ1n) is 10.3. The Labute approximate surface area is 202 Å². The second-order valence-corrected chi connectivity index (χ2v) is 7.55. The summed E-state index contributed by atoms with van der Waals surface area (Å²) in [7, 11) is 0. The van der Waals surface area contributed by atoms with Gasteiger partial charge in [0.15, 0.2) is 17.5 Å². The molecule has 0 bridgehead atoms. The molecule has 168 valence electrons. The highest BCUT2D eigenvalue weighted by molar-refractivity contribution is 7.03. The lowest BCUT2D eigenvalue weighted by Crippen LogP contribution is -2.50. The van der Waals surface area contributed by atoms with Crippen molar-refractivity contribution in [2.75, 3.05) is 10.0 Å². The van der Waals surface area contributed by atoms with Crippen molar-refractivity contribution >= 4 is 40.5 Å². The first-order chi connectivity index (χ1) is 17.4. The SMILES string of the molecule is c1ccc(N2C(c3ncccn3)=C(c3cnccn3)N=C(c3cccnn3)N2c2ncsn2)nc1. The highest BCUT2D eigenvalue weighted by Gasteiger charge is 2.38. The highest BCUT2D eigenvalue weighted by Crippen LogP contribution is 2.38. The molecule has 0 N–H and O–H groups in total. The highest BCUT2D eigenvalue weighted by atomic mass is 32.1. The Morgan fingerprint density at radius 1 is 0.714 bits per heavy atom. The quantitative estimate of drug-likeness (QED) is 0.369. The molecule has 13 heteroatoms. The van der Waals surface area contributed by atoms with Crippen LogP contribution in [0.4, 0.5) is 11.8 Å². The van der Waals surface area contributed by atoms with Crippen LogP contribution in [0.5, 0.6) is 0 Å². The average Bonchev–Trinajstić information content (AvgIpc) is 3.49. The van der Waals surface area contributed by atoms with Crippen LogP contribution < -0.4 is 10.0 Å². The molecular weight excluding hydrogens is 464 g/mol. The van der Waals surface area contributed by atoms with Crippen LogP contribution in [-0.4, -0.2) is 50.3 Å². The lowest BCUT2D eigenvalue weighted by atomic mass is 10.2. The van der Waals surface area contributed by atoms with E-state index in [0.717, 1.165) is 0 Å². The standard InChI is InChI=1S/C22H14N12S/c1-2-7-25-17(6-1)33-19(20-26-8-4-9-27-20)18(16-13-23-11-12-24-16)30-21(15-5-3-10-29-31-15)34(33)22-28-14-35-32-22/h1-14H. The van der Waals surface area contributed by atoms with Crippen molar-refractivity contribution in [1.82, 2.24) is 44.5 Å². The summed E-state index contributed by atoms with van der Waals surface area (Å²) in [5, 5.41) is 11.9. The molecule has 5 aromatic rings. The predicted molar refractivity (Wildman–Crippen MR) is 129 cm³/mol. The molecule has 5 aromatic heterocycles. The minimum absolute atomic E-state index is 0.372. The van der Waals surface area contributed by atoms with Crippen LogP contribution in [0, 0.1) is 0 Å². The smallest absolute Gasteiger partial charge is 0.261 e. The first kappa shape index (κ1) is 20.6. The third-order valence-corrected chi connectivity index (χ3v) is 5.31. The van der Waals surface area contributed by atoms with Crippen LogP contribution in [0.3, 0.4) is 0 Å². The number of rotatable bonds is 5. The van der Waals surface area contributed by atoms with Gasteiger partial charge in [0.25, 0.3) is 5.95 Å². The lowest BCUT2D eigenvalue weighted by Gasteiger charge is -2.39. The van der Waals surface area contributed by atoms with E-state index in [-0.39, 0.29) is 0 Å². The number of anilines is 2. The van der Waals surface area contributed by atoms with Gasteiger partial charge in [-0.3, -0.25) is 9.97 Å². The van der Waals surface area contributed by atoms with E-state index < -0.39 is 0 Å². The fourth-order valence-electron chi connectivity index (χ4n) is 3.45. The number of aromatic nitrogens is 9. The Morgan fingerprint density at radius 2 is 1.63 bits per heavy atom. The maximum atomic E-state index is 4.99. The predicted octanol–water partition coefficient (Wildman–Crippen LogP) is 2.52. The van der Waals surface area contributed by atoms with Crippen LogP contribution in [0.15, 0.2) is 90.3 Å². The Kier molecular flexibility index (Phi) is 5.33. The Bertz CT molecular complexity index is 1480. The molecule has 0 aliphatic carbocycles. The number of hydrogen-bond acceptors (Lipinski definition) is 13. The molecule has 1 aliphatic heterocycles. The van der Waals surface area contributed by atoms with Crippen LogP contribution >= 0.6 is 11.5 Å². The fourth-order valence-corrected chi connectivity index (χ4v) is 3.86. The molecule has 6 heterocycles. The third-order valence-electron chi connectivity index (χ3n) is 4.84. The largest absolute Gasteiger partial charge is 0.263 e. The summed E-state index contributed by atoms with van der Waals surface area (Å²) in [5.74, 6) is 1.75. The molecule has 1 aliphatic rings. The molecule has 35 heavy (non-hydrogen) atoms. The zero-order chi connectivity index (χ0) is 23.5. The number of hydrazine groups is 1. The van der Waals surface area contributed by atoms with E-state index in [4.69, 9.17) is 4.99 Å². The second-order valence-electron chi connectivity index (χ2n) is 6.95. The van der Waals surface area contributed by atoms with Gasteiger partial charge in [0.05, 0.1) is 6.20 Å². The Morgan fingerprint density at radius 3 is 2.34 bits per heavy atom. The number of aliphatic imine (C=N–C) groups is 1. The summed E-state index contributed by atoms with van der Waals surface area (Å²) in [4.78, 5) is 31.8. The van der Waals surface area contributed by atoms with Crippen molar-refractivity contribution in [2.45, 2.75) is 0 Å². The molecular formula is C22H14N12S. The Balaban J connectivity index is 1.72. The summed E-state index contributed by atoms with van der Waals surface area (Å²) >= 11 is 1.21.